The summed E-state index contributed by atoms with van der Waals surface area (Å²) >= 11 is 1.70. The molecule has 24 heavy (non-hydrogen) atoms. The van der Waals surface area contributed by atoms with Crippen LogP contribution in [0.25, 0.3) is 0 Å². The van der Waals surface area contributed by atoms with Crippen molar-refractivity contribution in [1.29, 1.82) is 0 Å². The van der Waals surface area contributed by atoms with E-state index in [-0.39, 0.29) is 11.9 Å². The molecule has 0 radical (unpaired) electrons. The van der Waals surface area contributed by atoms with E-state index in [1.165, 1.54) is 41.9 Å². The van der Waals surface area contributed by atoms with Gasteiger partial charge in [-0.15, -0.1) is 11.3 Å². The van der Waals surface area contributed by atoms with Gasteiger partial charge in [0.15, 0.2) is 6.54 Å². The van der Waals surface area contributed by atoms with Crippen LogP contribution < -0.4 is 10.2 Å². The van der Waals surface area contributed by atoms with E-state index >= 15 is 0 Å². The van der Waals surface area contributed by atoms with Crippen LogP contribution in [0.3, 0.4) is 0 Å². The van der Waals surface area contributed by atoms with Gasteiger partial charge in [-0.3, -0.25) is 4.79 Å². The second-order valence-electron chi connectivity index (χ2n) is 6.62. The molecule has 0 aliphatic carbocycles. The number of benzene rings is 1. The van der Waals surface area contributed by atoms with Crippen molar-refractivity contribution < 1.29 is 9.69 Å². The minimum atomic E-state index is -0.0344. The summed E-state index contributed by atoms with van der Waals surface area (Å²) in [6, 6.07) is 14.4. The number of carbonyl (C=O) groups excluding carboxylic acids is 1. The van der Waals surface area contributed by atoms with Crippen molar-refractivity contribution >= 4 is 17.2 Å². The van der Waals surface area contributed by atoms with Crippen molar-refractivity contribution in [1.82, 2.24) is 5.32 Å². The van der Waals surface area contributed by atoms with Gasteiger partial charge in [0, 0.05) is 4.88 Å². The number of hydrogen-bond acceptors (Lipinski definition) is 2. The Morgan fingerprint density at radius 1 is 1.00 bits per heavy atom. The highest BCUT2D eigenvalue weighted by Crippen LogP contribution is 2.25. The summed E-state index contributed by atoms with van der Waals surface area (Å²) in [5.74, 6) is 0.160. The molecule has 1 atom stereocenters. The molecule has 2 N–H and O–H groups in total. The number of rotatable bonds is 5. The molecule has 1 aromatic heterocycles. The lowest BCUT2D eigenvalue weighted by Gasteiger charge is -2.23. The summed E-state index contributed by atoms with van der Waals surface area (Å²) in [7, 11) is 0. The SMILES string of the molecule is O=C(C[NH+]1CCCCCCC1)N[C@H](c1ccccc1)c1cccs1. The number of amides is 1. The molecule has 0 unspecified atom stereocenters. The molecule has 1 saturated heterocycles. The van der Waals surface area contributed by atoms with E-state index in [0.717, 1.165) is 18.7 Å². The first-order valence-electron chi connectivity index (χ1n) is 9.04. The van der Waals surface area contributed by atoms with Gasteiger partial charge < -0.3 is 10.2 Å². The maximum absolute atomic E-state index is 12.7. The van der Waals surface area contributed by atoms with Gasteiger partial charge in [-0.05, 0) is 42.7 Å². The monoisotopic (exact) mass is 343 g/mol. The van der Waals surface area contributed by atoms with Crippen LogP contribution in [-0.2, 0) is 4.79 Å². The fourth-order valence-corrected chi connectivity index (χ4v) is 4.24. The van der Waals surface area contributed by atoms with Crippen LogP contribution in [0.15, 0.2) is 47.8 Å². The van der Waals surface area contributed by atoms with Crippen LogP contribution in [0.2, 0.25) is 0 Å². The first-order chi connectivity index (χ1) is 11.8. The number of hydrogen-bond donors (Lipinski definition) is 2. The second-order valence-corrected chi connectivity index (χ2v) is 7.60. The van der Waals surface area contributed by atoms with E-state index in [1.807, 2.05) is 24.3 Å². The molecule has 1 aliphatic heterocycles. The third kappa shape index (κ3) is 4.92. The predicted molar refractivity (Wildman–Crippen MR) is 99.4 cm³/mol. The number of thiophene rings is 1. The Hall–Kier alpha value is -1.65. The molecule has 0 spiro atoms. The van der Waals surface area contributed by atoms with E-state index < -0.39 is 0 Å². The van der Waals surface area contributed by atoms with Crippen LogP contribution in [0.1, 0.15) is 48.6 Å². The zero-order valence-electron chi connectivity index (χ0n) is 14.2. The van der Waals surface area contributed by atoms with Gasteiger partial charge in [-0.1, -0.05) is 42.8 Å². The lowest BCUT2D eigenvalue weighted by Crippen LogP contribution is -3.13. The Morgan fingerprint density at radius 3 is 2.38 bits per heavy atom. The summed E-state index contributed by atoms with van der Waals surface area (Å²) in [6.45, 7) is 2.85. The maximum atomic E-state index is 12.7. The van der Waals surface area contributed by atoms with Crippen molar-refractivity contribution in [2.45, 2.75) is 38.1 Å². The van der Waals surface area contributed by atoms with Crippen molar-refractivity contribution in [3.8, 4) is 0 Å². The molecule has 1 aliphatic rings. The van der Waals surface area contributed by atoms with E-state index in [9.17, 15) is 4.79 Å². The summed E-state index contributed by atoms with van der Waals surface area (Å²) < 4.78 is 0. The predicted octanol–water partition coefficient (Wildman–Crippen LogP) is 2.80. The molecule has 1 fully saturated rings. The molecule has 128 valence electrons. The summed E-state index contributed by atoms with van der Waals surface area (Å²) in [6.07, 6.45) is 6.47. The average Bonchev–Trinajstić information content (AvgIpc) is 3.10. The zero-order chi connectivity index (χ0) is 16.6. The zero-order valence-corrected chi connectivity index (χ0v) is 15.0. The Labute approximate surface area is 148 Å². The van der Waals surface area contributed by atoms with E-state index in [1.54, 1.807) is 11.3 Å². The maximum Gasteiger partial charge on any atom is 0.275 e. The van der Waals surface area contributed by atoms with Crippen LogP contribution in [0.4, 0.5) is 0 Å². The lowest BCUT2D eigenvalue weighted by atomic mass is 10.1. The number of carbonyl (C=O) groups is 1. The molecule has 3 nitrogen and oxygen atoms in total. The highest BCUT2D eigenvalue weighted by atomic mass is 32.1. The van der Waals surface area contributed by atoms with Gasteiger partial charge in [0.25, 0.3) is 5.91 Å². The Kier molecular flexibility index (Phi) is 6.44. The molecule has 2 heterocycles. The van der Waals surface area contributed by atoms with Gasteiger partial charge >= 0.3 is 0 Å². The third-order valence-corrected chi connectivity index (χ3v) is 5.67. The Bertz CT molecular complexity index is 604. The van der Waals surface area contributed by atoms with Crippen molar-refractivity contribution in [2.75, 3.05) is 19.6 Å². The van der Waals surface area contributed by atoms with Gasteiger partial charge in [-0.2, -0.15) is 0 Å². The number of nitrogens with one attached hydrogen (secondary N) is 2. The van der Waals surface area contributed by atoms with Crippen LogP contribution in [-0.4, -0.2) is 25.5 Å². The summed E-state index contributed by atoms with van der Waals surface area (Å²) in [4.78, 5) is 15.3. The Balaban J connectivity index is 1.65. The lowest BCUT2D eigenvalue weighted by molar-refractivity contribution is -0.893. The molecule has 2 aromatic rings. The molecular weight excluding hydrogens is 316 g/mol. The first kappa shape index (κ1) is 17.2. The topological polar surface area (TPSA) is 33.5 Å². The van der Waals surface area contributed by atoms with Gasteiger partial charge in [0.1, 0.15) is 0 Å². The van der Waals surface area contributed by atoms with E-state index in [0.29, 0.717) is 6.54 Å². The minimum absolute atomic E-state index is 0.0344. The van der Waals surface area contributed by atoms with Crippen LogP contribution >= 0.6 is 11.3 Å². The molecule has 1 aromatic carbocycles. The van der Waals surface area contributed by atoms with E-state index in [4.69, 9.17) is 0 Å². The molecular formula is C20H27N2OS+. The first-order valence-corrected chi connectivity index (χ1v) is 9.92. The molecule has 4 heteroatoms. The molecule has 0 saturated carbocycles. The highest BCUT2D eigenvalue weighted by molar-refractivity contribution is 7.10. The average molecular weight is 344 g/mol. The summed E-state index contributed by atoms with van der Waals surface area (Å²) in [5, 5.41) is 5.34. The van der Waals surface area contributed by atoms with Gasteiger partial charge in [-0.25, -0.2) is 0 Å². The van der Waals surface area contributed by atoms with Gasteiger partial charge in [0.2, 0.25) is 0 Å². The molecule has 3 rings (SSSR count). The minimum Gasteiger partial charge on any atom is -0.339 e. The second kappa shape index (κ2) is 9.00. The smallest absolute Gasteiger partial charge is 0.275 e. The quantitative estimate of drug-likeness (QED) is 0.860. The van der Waals surface area contributed by atoms with Gasteiger partial charge in [0.05, 0.1) is 19.1 Å². The van der Waals surface area contributed by atoms with E-state index in [2.05, 4.69) is 28.9 Å². The largest absolute Gasteiger partial charge is 0.339 e. The third-order valence-electron chi connectivity index (χ3n) is 4.74. The summed E-state index contributed by atoms with van der Waals surface area (Å²) in [5.41, 5.74) is 1.15. The van der Waals surface area contributed by atoms with Crippen molar-refractivity contribution in [3.63, 3.8) is 0 Å². The normalized spacial score (nSPS) is 17.7. The number of quaternary nitrogens is 1. The molecule has 1 amide bonds. The molecule has 0 bridgehead atoms. The van der Waals surface area contributed by atoms with Crippen LogP contribution in [0, 0.1) is 0 Å². The standard InChI is InChI=1S/C20H26N2OS/c23-19(16-22-13-7-2-1-3-8-14-22)21-20(18-12-9-15-24-18)17-10-5-4-6-11-17/h4-6,9-12,15,20H,1-3,7-8,13-14,16H2,(H,21,23)/p+1/t20-/m1/s1. The number of likely N-dealkylation sites (tertiary alicyclic amines) is 1. The van der Waals surface area contributed by atoms with Crippen molar-refractivity contribution in [3.05, 3.63) is 58.3 Å². The highest BCUT2D eigenvalue weighted by Gasteiger charge is 2.21. The fourth-order valence-electron chi connectivity index (χ4n) is 3.44. The Morgan fingerprint density at radius 2 is 1.71 bits per heavy atom. The fraction of sp³-hybridized carbons (Fsp3) is 0.450. The van der Waals surface area contributed by atoms with Crippen LogP contribution in [0.5, 0.6) is 0 Å². The van der Waals surface area contributed by atoms with Crippen molar-refractivity contribution in [2.24, 2.45) is 0 Å².